The van der Waals surface area contributed by atoms with Gasteiger partial charge in [-0.3, -0.25) is 20.2 Å². The van der Waals surface area contributed by atoms with Gasteiger partial charge in [0.15, 0.2) is 0 Å². The van der Waals surface area contributed by atoms with E-state index in [2.05, 4.69) is 0 Å². The van der Waals surface area contributed by atoms with Crippen molar-refractivity contribution >= 4 is 23.1 Å². The summed E-state index contributed by atoms with van der Waals surface area (Å²) in [7, 11) is 1.82. The smallest absolute Gasteiger partial charge is 0.318 e. The van der Waals surface area contributed by atoms with Crippen LogP contribution in [0.3, 0.4) is 0 Å². The minimum Gasteiger partial charge on any atom is -0.456 e. The van der Waals surface area contributed by atoms with Gasteiger partial charge in [-0.2, -0.15) is 0 Å². The Morgan fingerprint density at radius 3 is 2.48 bits per heavy atom. The molecule has 2 heterocycles. The number of likely N-dealkylation sites (N-methyl/N-ethyl adjacent to an activating group) is 1. The second kappa shape index (κ2) is 6.02. The number of aliphatic hydroxyl groups excluding tert-OH is 1. The third-order valence-corrected chi connectivity index (χ3v) is 5.91. The number of nitro groups is 2. The Labute approximate surface area is 166 Å². The fourth-order valence-electron chi connectivity index (χ4n) is 4.28. The van der Waals surface area contributed by atoms with Crippen LogP contribution >= 0.6 is 0 Å². The molecule has 4 rings (SSSR count). The van der Waals surface area contributed by atoms with Gasteiger partial charge < -0.3 is 14.7 Å². The number of anilines is 1. The molecule has 9 heteroatoms. The average Bonchev–Trinajstić information content (AvgIpc) is 2.85. The maximum atomic E-state index is 11.6. The summed E-state index contributed by atoms with van der Waals surface area (Å²) in [5, 5.41) is 32.3. The molecule has 2 aliphatic heterocycles. The van der Waals surface area contributed by atoms with E-state index >= 15 is 0 Å². The van der Waals surface area contributed by atoms with Crippen molar-refractivity contribution in [2.24, 2.45) is 0 Å². The lowest BCUT2D eigenvalue weighted by Gasteiger charge is -2.45. The molecule has 2 aromatic carbocycles. The molecule has 0 fully saturated rings. The van der Waals surface area contributed by atoms with Crippen LogP contribution in [-0.4, -0.2) is 27.7 Å². The lowest BCUT2D eigenvalue weighted by molar-refractivity contribution is -0.395. The molecule has 0 amide bonds. The fourth-order valence-corrected chi connectivity index (χ4v) is 4.28. The predicted octanol–water partition coefficient (Wildman–Crippen LogP) is 3.52. The zero-order valence-electron chi connectivity index (χ0n) is 16.1. The molecular weight excluding hydrogens is 378 g/mol. The first-order valence-electron chi connectivity index (χ1n) is 8.95. The molecule has 150 valence electrons. The van der Waals surface area contributed by atoms with E-state index in [1.165, 1.54) is 6.07 Å². The van der Waals surface area contributed by atoms with E-state index in [0.29, 0.717) is 0 Å². The minimum absolute atomic E-state index is 0.00165. The van der Waals surface area contributed by atoms with Crippen LogP contribution < -0.4 is 9.64 Å². The van der Waals surface area contributed by atoms with E-state index in [-0.39, 0.29) is 23.6 Å². The largest absolute Gasteiger partial charge is 0.456 e. The van der Waals surface area contributed by atoms with Crippen molar-refractivity contribution in [2.75, 3.05) is 11.9 Å². The van der Waals surface area contributed by atoms with E-state index in [9.17, 15) is 25.3 Å². The van der Waals surface area contributed by atoms with Crippen molar-refractivity contribution in [3.8, 4) is 5.75 Å². The molecule has 2 aliphatic rings. The number of fused-ring (bicyclic) bond motifs is 2. The summed E-state index contributed by atoms with van der Waals surface area (Å²) >= 11 is 0. The molecular formula is C20H19N3O6. The molecule has 0 saturated carbocycles. The number of hydrogen-bond donors (Lipinski definition) is 1. The Balaban J connectivity index is 1.91. The first-order chi connectivity index (χ1) is 13.6. The van der Waals surface area contributed by atoms with Crippen molar-refractivity contribution in [3.63, 3.8) is 0 Å². The third kappa shape index (κ3) is 2.44. The Morgan fingerprint density at radius 2 is 1.86 bits per heavy atom. The number of benzene rings is 2. The molecule has 0 aliphatic carbocycles. The molecule has 0 bridgehead atoms. The molecule has 1 atom stereocenters. The molecule has 1 unspecified atom stereocenters. The molecule has 9 nitrogen and oxygen atoms in total. The highest BCUT2D eigenvalue weighted by Gasteiger charge is 2.58. The Morgan fingerprint density at radius 1 is 1.14 bits per heavy atom. The first-order valence-corrected chi connectivity index (χ1v) is 8.95. The van der Waals surface area contributed by atoms with Crippen molar-refractivity contribution < 1.29 is 19.7 Å². The number of nitrogens with zero attached hydrogens (tertiary/aromatic N) is 3. The highest BCUT2D eigenvalue weighted by Crippen LogP contribution is 2.55. The molecule has 2 aromatic rings. The maximum Gasteiger partial charge on any atom is 0.318 e. The van der Waals surface area contributed by atoms with E-state index in [1.54, 1.807) is 12.2 Å². The highest BCUT2D eigenvalue weighted by atomic mass is 16.6. The van der Waals surface area contributed by atoms with Gasteiger partial charge in [0.25, 0.3) is 5.69 Å². The van der Waals surface area contributed by atoms with Gasteiger partial charge in [-0.15, -0.1) is 0 Å². The predicted molar refractivity (Wildman–Crippen MR) is 106 cm³/mol. The van der Waals surface area contributed by atoms with Crippen molar-refractivity contribution in [1.82, 2.24) is 0 Å². The molecule has 0 aromatic heterocycles. The van der Waals surface area contributed by atoms with Gasteiger partial charge in [0.1, 0.15) is 0 Å². The van der Waals surface area contributed by atoms with Crippen LogP contribution in [0.1, 0.15) is 30.5 Å². The molecule has 29 heavy (non-hydrogen) atoms. The van der Waals surface area contributed by atoms with E-state index < -0.39 is 26.7 Å². The second-order valence-corrected chi connectivity index (χ2v) is 7.72. The number of nitro benzene ring substituents is 2. The van der Waals surface area contributed by atoms with Crippen LogP contribution in [0.4, 0.5) is 17.1 Å². The fraction of sp³-hybridized carbons (Fsp3) is 0.300. The Hall–Kier alpha value is -3.46. The molecule has 1 spiro atoms. The number of hydrogen-bond acceptors (Lipinski definition) is 7. The summed E-state index contributed by atoms with van der Waals surface area (Å²) in [6, 6.07) is 7.81. The normalized spacial score (nSPS) is 20.9. The van der Waals surface area contributed by atoms with Gasteiger partial charge in [-0.25, -0.2) is 0 Å². The minimum atomic E-state index is -1.07. The molecule has 0 saturated heterocycles. The quantitative estimate of drug-likeness (QED) is 0.621. The van der Waals surface area contributed by atoms with Gasteiger partial charge >= 0.3 is 5.69 Å². The van der Waals surface area contributed by atoms with Gasteiger partial charge in [-0.1, -0.05) is 12.1 Å². The summed E-state index contributed by atoms with van der Waals surface area (Å²) in [6.07, 6.45) is 3.41. The van der Waals surface area contributed by atoms with Gasteiger partial charge in [0.05, 0.1) is 27.9 Å². The average molecular weight is 397 g/mol. The maximum absolute atomic E-state index is 11.6. The SMILES string of the molecule is CN1c2cc(CO)ccc2C(C)(C)C12C=Cc1cc([N+](=O)[O-])cc([N+](=O)[O-])c1O2. The summed E-state index contributed by atoms with van der Waals surface area (Å²) in [5.41, 5.74) is 0.349. The number of rotatable bonds is 3. The number of non-ortho nitro benzene ring substituents is 1. The first kappa shape index (κ1) is 18.9. The van der Waals surface area contributed by atoms with Gasteiger partial charge in [0.2, 0.25) is 11.5 Å². The zero-order valence-corrected chi connectivity index (χ0v) is 16.1. The van der Waals surface area contributed by atoms with Crippen LogP contribution in [0.2, 0.25) is 0 Å². The number of aliphatic hydroxyl groups is 1. The van der Waals surface area contributed by atoms with Gasteiger partial charge in [-0.05, 0) is 43.2 Å². The lowest BCUT2D eigenvalue weighted by atomic mass is 9.76. The Bertz CT molecular complexity index is 1090. The number of ether oxygens (including phenoxy) is 1. The van der Waals surface area contributed by atoms with E-state index in [0.717, 1.165) is 22.9 Å². The third-order valence-electron chi connectivity index (χ3n) is 5.91. The van der Waals surface area contributed by atoms with Crippen LogP contribution in [0, 0.1) is 20.2 Å². The van der Waals surface area contributed by atoms with Crippen molar-refractivity contribution in [3.05, 3.63) is 73.3 Å². The lowest BCUT2D eigenvalue weighted by Crippen LogP contribution is -2.58. The topological polar surface area (TPSA) is 119 Å². The van der Waals surface area contributed by atoms with Crippen LogP contribution in [0.15, 0.2) is 36.4 Å². The van der Waals surface area contributed by atoms with Crippen LogP contribution in [0.25, 0.3) is 6.08 Å². The van der Waals surface area contributed by atoms with E-state index in [4.69, 9.17) is 4.74 Å². The monoisotopic (exact) mass is 397 g/mol. The van der Waals surface area contributed by atoms with Crippen LogP contribution in [0.5, 0.6) is 5.75 Å². The summed E-state index contributed by atoms with van der Waals surface area (Å²) in [6.45, 7) is 3.84. The van der Waals surface area contributed by atoms with Crippen LogP contribution in [-0.2, 0) is 12.0 Å². The van der Waals surface area contributed by atoms with Crippen molar-refractivity contribution in [2.45, 2.75) is 31.6 Å². The molecule has 0 radical (unpaired) electrons. The standard InChI is InChI=1S/C20H19N3O6/c1-19(2)15-5-4-12(11-24)8-16(15)21(3)20(19)7-6-13-9-14(22(25)26)10-17(23(27)28)18(13)29-20/h4-10,24H,11H2,1-3H3. The summed E-state index contributed by atoms with van der Waals surface area (Å²) in [5.74, 6) is -0.00165. The zero-order chi connectivity index (χ0) is 21.1. The molecule has 1 N–H and O–H groups in total. The summed E-state index contributed by atoms with van der Waals surface area (Å²) in [4.78, 5) is 23.3. The highest BCUT2D eigenvalue weighted by molar-refractivity contribution is 5.76. The second-order valence-electron chi connectivity index (χ2n) is 7.72. The van der Waals surface area contributed by atoms with Crippen molar-refractivity contribution in [1.29, 1.82) is 0 Å². The van der Waals surface area contributed by atoms with E-state index in [1.807, 2.05) is 44.0 Å². The Kier molecular flexibility index (Phi) is 3.92. The summed E-state index contributed by atoms with van der Waals surface area (Å²) < 4.78 is 6.30. The van der Waals surface area contributed by atoms with Gasteiger partial charge in [0, 0.05) is 24.4 Å².